The largest absolute Gasteiger partial charge is 0.508 e. The van der Waals surface area contributed by atoms with E-state index in [1.165, 1.54) is 19.3 Å². The summed E-state index contributed by atoms with van der Waals surface area (Å²) in [6, 6.07) is 9.20. The number of aliphatic imine (C=N–C) groups is 1. The second-order valence-electron chi connectivity index (χ2n) is 6.72. The summed E-state index contributed by atoms with van der Waals surface area (Å²) in [6.07, 6.45) is 3.91. The Kier molecular flexibility index (Phi) is 7.16. The summed E-state index contributed by atoms with van der Waals surface area (Å²) in [5.74, 6) is 1.18. The minimum atomic E-state index is 0. The van der Waals surface area contributed by atoms with Crippen LogP contribution >= 0.6 is 24.0 Å². The Hall–Kier alpha value is -1.02. The number of rotatable bonds is 5. The Balaban J connectivity index is 0.00000208. The molecule has 1 aliphatic heterocycles. The van der Waals surface area contributed by atoms with Crippen molar-refractivity contribution in [1.29, 1.82) is 0 Å². The normalized spacial score (nSPS) is 24.5. The van der Waals surface area contributed by atoms with Crippen molar-refractivity contribution in [3.8, 4) is 5.75 Å². The van der Waals surface area contributed by atoms with Gasteiger partial charge in [-0.2, -0.15) is 0 Å². The molecule has 1 aromatic carbocycles. The maximum absolute atomic E-state index is 9.34. The first-order chi connectivity index (χ1) is 11.2. The lowest BCUT2D eigenvalue weighted by molar-refractivity contribution is 0.256. The SMILES string of the molecule is CCNC(=NCc1ccc(O)cc1)NC1CC(C)N(C2CC2)C1.I. The van der Waals surface area contributed by atoms with Crippen molar-refractivity contribution in [3.05, 3.63) is 29.8 Å². The van der Waals surface area contributed by atoms with Crippen LogP contribution in [0, 0.1) is 0 Å². The van der Waals surface area contributed by atoms with Gasteiger partial charge in [0.25, 0.3) is 0 Å². The number of likely N-dealkylation sites (tertiary alicyclic amines) is 1. The third-order valence-corrected chi connectivity index (χ3v) is 4.68. The molecule has 1 aromatic rings. The number of hydrogen-bond acceptors (Lipinski definition) is 3. The Morgan fingerprint density at radius 3 is 2.62 bits per heavy atom. The fourth-order valence-electron chi connectivity index (χ4n) is 3.36. The minimum Gasteiger partial charge on any atom is -0.508 e. The summed E-state index contributed by atoms with van der Waals surface area (Å²) in [5.41, 5.74) is 1.10. The van der Waals surface area contributed by atoms with Crippen molar-refractivity contribution in [2.75, 3.05) is 13.1 Å². The number of aromatic hydroxyl groups is 1. The van der Waals surface area contributed by atoms with Crippen molar-refractivity contribution in [1.82, 2.24) is 15.5 Å². The van der Waals surface area contributed by atoms with Crippen LogP contribution in [0.5, 0.6) is 5.75 Å². The highest BCUT2D eigenvalue weighted by Crippen LogP contribution is 2.33. The first-order valence-electron chi connectivity index (χ1n) is 8.74. The quantitative estimate of drug-likeness (QED) is 0.372. The van der Waals surface area contributed by atoms with E-state index >= 15 is 0 Å². The molecular formula is C18H29IN4O. The van der Waals surface area contributed by atoms with Crippen LogP contribution in [0.1, 0.15) is 38.7 Å². The molecule has 3 N–H and O–H groups in total. The Morgan fingerprint density at radius 1 is 1.29 bits per heavy atom. The second-order valence-corrected chi connectivity index (χ2v) is 6.72. The molecule has 134 valence electrons. The molecule has 1 heterocycles. The van der Waals surface area contributed by atoms with E-state index in [1.807, 2.05) is 12.1 Å². The first kappa shape index (κ1) is 19.3. The van der Waals surface area contributed by atoms with E-state index < -0.39 is 0 Å². The van der Waals surface area contributed by atoms with E-state index in [4.69, 9.17) is 0 Å². The zero-order valence-corrected chi connectivity index (χ0v) is 16.9. The molecule has 2 fully saturated rings. The summed E-state index contributed by atoms with van der Waals surface area (Å²) < 4.78 is 0. The summed E-state index contributed by atoms with van der Waals surface area (Å²) >= 11 is 0. The zero-order valence-electron chi connectivity index (χ0n) is 14.5. The second kappa shape index (κ2) is 8.89. The molecule has 0 bridgehead atoms. The molecule has 1 saturated heterocycles. The molecule has 2 atom stereocenters. The van der Waals surface area contributed by atoms with Crippen molar-refractivity contribution < 1.29 is 5.11 Å². The standard InChI is InChI=1S/C18H28N4O.HI/c1-3-19-18(20-11-14-4-8-17(23)9-5-14)21-15-10-13(2)22(12-15)16-6-7-16;/h4-5,8-9,13,15-16,23H,3,6-7,10-12H2,1-2H3,(H2,19,20,21);1H. The van der Waals surface area contributed by atoms with Gasteiger partial charge in [0.05, 0.1) is 6.54 Å². The van der Waals surface area contributed by atoms with Crippen LogP contribution in [-0.4, -0.2) is 47.2 Å². The third-order valence-electron chi connectivity index (χ3n) is 4.68. The van der Waals surface area contributed by atoms with Gasteiger partial charge in [-0.05, 0) is 50.8 Å². The Labute approximate surface area is 161 Å². The van der Waals surface area contributed by atoms with Crippen molar-refractivity contribution in [2.24, 2.45) is 4.99 Å². The van der Waals surface area contributed by atoms with Gasteiger partial charge in [0, 0.05) is 31.2 Å². The minimum absolute atomic E-state index is 0. The maximum atomic E-state index is 9.34. The third kappa shape index (κ3) is 5.24. The summed E-state index contributed by atoms with van der Waals surface area (Å²) in [5, 5.41) is 16.3. The maximum Gasteiger partial charge on any atom is 0.191 e. The molecule has 0 amide bonds. The van der Waals surface area contributed by atoms with Crippen molar-refractivity contribution >= 4 is 29.9 Å². The number of halogens is 1. The van der Waals surface area contributed by atoms with Crippen molar-refractivity contribution in [2.45, 2.75) is 57.8 Å². The molecule has 0 radical (unpaired) electrons. The molecule has 5 nitrogen and oxygen atoms in total. The smallest absolute Gasteiger partial charge is 0.191 e. The van der Waals surface area contributed by atoms with Gasteiger partial charge >= 0.3 is 0 Å². The highest BCUT2D eigenvalue weighted by Gasteiger charge is 2.38. The lowest BCUT2D eigenvalue weighted by Crippen LogP contribution is -2.44. The average molecular weight is 444 g/mol. The molecule has 6 heteroatoms. The molecule has 1 saturated carbocycles. The number of phenolic OH excluding ortho intramolecular Hbond substituents is 1. The van der Waals surface area contributed by atoms with Gasteiger partial charge < -0.3 is 15.7 Å². The first-order valence-corrected chi connectivity index (χ1v) is 8.74. The molecule has 2 aliphatic rings. The van der Waals surface area contributed by atoms with Crippen LogP contribution in [0.2, 0.25) is 0 Å². The number of nitrogens with one attached hydrogen (secondary N) is 2. The van der Waals surface area contributed by atoms with Crippen LogP contribution in [0.3, 0.4) is 0 Å². The van der Waals surface area contributed by atoms with Crippen LogP contribution < -0.4 is 10.6 Å². The molecule has 3 rings (SSSR count). The Bertz CT molecular complexity index is 544. The van der Waals surface area contributed by atoms with Gasteiger partial charge in [0.2, 0.25) is 0 Å². The van der Waals surface area contributed by atoms with Gasteiger partial charge in [-0.25, -0.2) is 4.99 Å². The van der Waals surface area contributed by atoms with E-state index in [1.54, 1.807) is 12.1 Å². The van der Waals surface area contributed by atoms with Gasteiger partial charge in [0.1, 0.15) is 5.75 Å². The fourth-order valence-corrected chi connectivity index (χ4v) is 3.36. The molecule has 0 spiro atoms. The van der Waals surface area contributed by atoms with E-state index in [0.29, 0.717) is 24.4 Å². The van der Waals surface area contributed by atoms with Crippen LogP contribution in [0.4, 0.5) is 0 Å². The predicted octanol–water partition coefficient (Wildman–Crippen LogP) is 2.69. The number of guanidine groups is 1. The average Bonchev–Trinajstić information content (AvgIpc) is 3.31. The zero-order chi connectivity index (χ0) is 16.2. The number of hydrogen-bond donors (Lipinski definition) is 3. The highest BCUT2D eigenvalue weighted by molar-refractivity contribution is 14.0. The topological polar surface area (TPSA) is 59.9 Å². The van der Waals surface area contributed by atoms with E-state index in [2.05, 4.69) is 34.4 Å². The molecule has 2 unspecified atom stereocenters. The number of phenols is 1. The number of nitrogens with zero attached hydrogens (tertiary/aromatic N) is 2. The molecule has 0 aromatic heterocycles. The summed E-state index contributed by atoms with van der Waals surface area (Å²) in [4.78, 5) is 7.32. The van der Waals surface area contributed by atoms with Crippen LogP contribution in [0.15, 0.2) is 29.3 Å². The fraction of sp³-hybridized carbons (Fsp3) is 0.611. The molecule has 1 aliphatic carbocycles. The van der Waals surface area contributed by atoms with Crippen LogP contribution in [-0.2, 0) is 6.54 Å². The Morgan fingerprint density at radius 2 is 2.00 bits per heavy atom. The summed E-state index contributed by atoms with van der Waals surface area (Å²) in [6.45, 7) is 7.02. The van der Waals surface area contributed by atoms with Gasteiger partial charge in [-0.1, -0.05) is 12.1 Å². The van der Waals surface area contributed by atoms with E-state index in [0.717, 1.165) is 30.7 Å². The molecular weight excluding hydrogens is 415 g/mol. The van der Waals surface area contributed by atoms with Gasteiger partial charge in [0.15, 0.2) is 5.96 Å². The highest BCUT2D eigenvalue weighted by atomic mass is 127. The molecule has 24 heavy (non-hydrogen) atoms. The van der Waals surface area contributed by atoms with Gasteiger partial charge in [-0.3, -0.25) is 4.90 Å². The van der Waals surface area contributed by atoms with E-state index in [9.17, 15) is 5.11 Å². The number of benzene rings is 1. The lowest BCUT2D eigenvalue weighted by atomic mass is 10.2. The predicted molar refractivity (Wildman–Crippen MR) is 109 cm³/mol. The van der Waals surface area contributed by atoms with Crippen molar-refractivity contribution in [3.63, 3.8) is 0 Å². The summed E-state index contributed by atoms with van der Waals surface area (Å²) in [7, 11) is 0. The van der Waals surface area contributed by atoms with E-state index in [-0.39, 0.29) is 24.0 Å². The van der Waals surface area contributed by atoms with Gasteiger partial charge in [-0.15, -0.1) is 24.0 Å². The van der Waals surface area contributed by atoms with Crippen LogP contribution in [0.25, 0.3) is 0 Å². The monoisotopic (exact) mass is 444 g/mol. The lowest BCUT2D eigenvalue weighted by Gasteiger charge is -2.20.